The fourth-order valence-corrected chi connectivity index (χ4v) is 6.12. The number of aryl methyl sites for hydroxylation is 1. The quantitative estimate of drug-likeness (QED) is 0.414. The van der Waals surface area contributed by atoms with E-state index in [0.29, 0.717) is 28.1 Å². The van der Waals surface area contributed by atoms with E-state index in [4.69, 9.17) is 0 Å². The number of benzene rings is 3. The maximum absolute atomic E-state index is 14.1. The first-order chi connectivity index (χ1) is 17.2. The lowest BCUT2D eigenvalue weighted by Crippen LogP contribution is -2.37. The molecule has 36 heavy (non-hydrogen) atoms. The van der Waals surface area contributed by atoms with Crippen molar-refractivity contribution in [3.63, 3.8) is 0 Å². The molecule has 4 aromatic rings. The van der Waals surface area contributed by atoms with Gasteiger partial charge in [0.05, 0.1) is 29.7 Å². The Morgan fingerprint density at radius 2 is 1.83 bits per heavy atom. The van der Waals surface area contributed by atoms with Gasteiger partial charge in [-0.2, -0.15) is 0 Å². The second-order valence-electron chi connectivity index (χ2n) is 9.45. The summed E-state index contributed by atoms with van der Waals surface area (Å²) in [4.78, 5) is 32.6. The summed E-state index contributed by atoms with van der Waals surface area (Å²) in [6.45, 7) is 2.15. The minimum Gasteiger partial charge on any atom is -0.326 e. The van der Waals surface area contributed by atoms with Crippen molar-refractivity contribution >= 4 is 44.3 Å². The Bertz CT molecular complexity index is 1730. The van der Waals surface area contributed by atoms with Crippen LogP contribution in [0.25, 0.3) is 22.0 Å². The van der Waals surface area contributed by atoms with Gasteiger partial charge in [-0.15, -0.1) is 0 Å². The van der Waals surface area contributed by atoms with Crippen LogP contribution in [0.1, 0.15) is 38.0 Å². The molecule has 0 aliphatic carbocycles. The number of carbonyl (C=O) groups is 2. The van der Waals surface area contributed by atoms with Gasteiger partial charge in [0.25, 0.3) is 11.8 Å². The third-order valence-corrected chi connectivity index (χ3v) is 7.67. The number of hydrogen-bond donors (Lipinski definition) is 0. The molecule has 3 heterocycles. The highest BCUT2D eigenvalue weighted by Crippen LogP contribution is 2.42. The van der Waals surface area contributed by atoms with Gasteiger partial charge < -0.3 is 9.47 Å². The molecule has 2 aliphatic heterocycles. The number of rotatable bonds is 3. The van der Waals surface area contributed by atoms with Crippen LogP contribution in [-0.2, 0) is 15.6 Å². The number of amides is 2. The average molecular weight is 498 g/mol. The van der Waals surface area contributed by atoms with Crippen LogP contribution in [0, 0.1) is 6.92 Å². The van der Waals surface area contributed by atoms with Crippen molar-refractivity contribution < 1.29 is 18.0 Å². The summed E-state index contributed by atoms with van der Waals surface area (Å²) in [6.07, 6.45) is 2.80. The zero-order valence-corrected chi connectivity index (χ0v) is 20.6. The number of nitrogens with zero attached hydrogens (tertiary/aromatic N) is 3. The zero-order chi connectivity index (χ0) is 25.2. The largest absolute Gasteiger partial charge is 0.326 e. The highest BCUT2D eigenvalue weighted by atomic mass is 32.2. The molecule has 2 amide bonds. The van der Waals surface area contributed by atoms with Crippen molar-refractivity contribution in [2.24, 2.45) is 4.99 Å². The summed E-state index contributed by atoms with van der Waals surface area (Å²) in [6, 6.07) is 20.4. The maximum atomic E-state index is 14.1. The summed E-state index contributed by atoms with van der Waals surface area (Å²) in [5.74, 6) is -0.607. The molecule has 8 heteroatoms. The lowest BCUT2D eigenvalue weighted by molar-refractivity contribution is 0.0987. The lowest BCUT2D eigenvalue weighted by atomic mass is 10.0. The van der Waals surface area contributed by atoms with Gasteiger partial charge in [0, 0.05) is 23.6 Å². The van der Waals surface area contributed by atoms with Gasteiger partial charge in [-0.3, -0.25) is 9.59 Å². The topological polar surface area (TPSA) is 88.8 Å². The molecule has 0 bridgehead atoms. The summed E-state index contributed by atoms with van der Waals surface area (Å²) in [5, 5.41) is 1.82. The van der Waals surface area contributed by atoms with Gasteiger partial charge in [0.2, 0.25) is 0 Å². The Morgan fingerprint density at radius 1 is 1.06 bits per heavy atom. The normalized spacial score (nSPS) is 16.6. The van der Waals surface area contributed by atoms with Gasteiger partial charge in [0.15, 0.2) is 9.84 Å². The SMILES string of the molecule is Cc1cc2n3c1C(=O)N=CC3CN(C(=O)c1cccc3ccccc13)c1ccc(CS(C)(=O)=O)cc1-2. The molecule has 0 saturated heterocycles. The van der Waals surface area contributed by atoms with E-state index in [2.05, 4.69) is 4.99 Å². The van der Waals surface area contributed by atoms with Gasteiger partial charge in [-0.25, -0.2) is 13.4 Å². The first kappa shape index (κ1) is 22.4. The molecule has 0 N–H and O–H groups in total. The molecular weight excluding hydrogens is 474 g/mol. The van der Waals surface area contributed by atoms with Crippen LogP contribution in [0.2, 0.25) is 0 Å². The van der Waals surface area contributed by atoms with Gasteiger partial charge in [-0.1, -0.05) is 42.5 Å². The minimum absolute atomic E-state index is 0.117. The van der Waals surface area contributed by atoms with Gasteiger partial charge >= 0.3 is 0 Å². The monoisotopic (exact) mass is 497 g/mol. The van der Waals surface area contributed by atoms with E-state index in [-0.39, 0.29) is 30.2 Å². The van der Waals surface area contributed by atoms with Crippen molar-refractivity contribution in [3.8, 4) is 11.3 Å². The maximum Gasteiger partial charge on any atom is 0.293 e. The Balaban J connectivity index is 1.58. The second-order valence-corrected chi connectivity index (χ2v) is 11.6. The van der Waals surface area contributed by atoms with Crippen LogP contribution in [0.4, 0.5) is 5.69 Å². The number of hydrogen-bond acceptors (Lipinski definition) is 4. The van der Waals surface area contributed by atoms with E-state index in [9.17, 15) is 18.0 Å². The Labute approximate surface area is 208 Å². The molecule has 7 nitrogen and oxygen atoms in total. The predicted molar refractivity (Wildman–Crippen MR) is 141 cm³/mol. The molecule has 0 radical (unpaired) electrons. The van der Waals surface area contributed by atoms with E-state index in [1.807, 2.05) is 72.2 Å². The molecule has 180 valence electrons. The molecule has 2 aliphatic rings. The van der Waals surface area contributed by atoms with Crippen molar-refractivity contribution in [1.29, 1.82) is 0 Å². The van der Waals surface area contributed by atoms with Crippen LogP contribution in [-0.4, -0.2) is 43.8 Å². The van der Waals surface area contributed by atoms with Crippen molar-refractivity contribution in [2.45, 2.75) is 18.7 Å². The highest BCUT2D eigenvalue weighted by Gasteiger charge is 2.35. The molecule has 1 atom stereocenters. The highest BCUT2D eigenvalue weighted by molar-refractivity contribution is 7.89. The number of carbonyl (C=O) groups excluding carboxylic acids is 2. The molecule has 6 rings (SSSR count). The standard InChI is InChI=1S/C28H23N3O4S/c1-17-12-25-23-13-18(16-36(2,34)35)10-11-24(23)30(15-20-14-29-27(32)26(17)31(20)25)28(33)22-9-5-7-19-6-3-4-8-21(19)22/h3-14,20H,15-16H2,1-2H3. The minimum atomic E-state index is -3.27. The van der Waals surface area contributed by atoms with E-state index < -0.39 is 9.84 Å². The zero-order valence-electron chi connectivity index (χ0n) is 19.8. The van der Waals surface area contributed by atoms with Crippen LogP contribution in [0.15, 0.2) is 71.7 Å². The number of fused-ring (bicyclic) bond motifs is 3. The van der Waals surface area contributed by atoms with Crippen LogP contribution in [0.5, 0.6) is 0 Å². The first-order valence-corrected chi connectivity index (χ1v) is 13.7. The molecule has 1 unspecified atom stereocenters. The molecule has 0 fully saturated rings. The van der Waals surface area contributed by atoms with E-state index in [1.165, 1.54) is 6.26 Å². The number of anilines is 1. The van der Waals surface area contributed by atoms with Crippen molar-refractivity contribution in [1.82, 2.24) is 4.57 Å². The summed E-state index contributed by atoms with van der Waals surface area (Å²) in [7, 11) is -3.27. The van der Waals surface area contributed by atoms with Crippen LogP contribution < -0.4 is 4.90 Å². The number of aromatic nitrogens is 1. The third kappa shape index (κ3) is 3.56. The molecule has 0 saturated carbocycles. The molecule has 0 spiro atoms. The van der Waals surface area contributed by atoms with Crippen LogP contribution in [0.3, 0.4) is 0 Å². The fraction of sp³-hybridized carbons (Fsp3) is 0.179. The summed E-state index contributed by atoms with van der Waals surface area (Å²) >= 11 is 0. The van der Waals surface area contributed by atoms with E-state index in [1.54, 1.807) is 17.2 Å². The molecule has 3 aromatic carbocycles. The Morgan fingerprint density at radius 3 is 2.64 bits per heavy atom. The Hall–Kier alpha value is -4.04. The summed E-state index contributed by atoms with van der Waals surface area (Å²) in [5.41, 5.74) is 4.64. The molecule has 1 aromatic heterocycles. The second kappa shape index (κ2) is 7.99. The first-order valence-electron chi connectivity index (χ1n) is 11.6. The average Bonchev–Trinajstić information content (AvgIpc) is 3.14. The lowest BCUT2D eigenvalue weighted by Gasteiger charge is -2.27. The summed E-state index contributed by atoms with van der Waals surface area (Å²) < 4.78 is 26.0. The van der Waals surface area contributed by atoms with Crippen molar-refractivity contribution in [2.75, 3.05) is 17.7 Å². The number of aliphatic imine (C=N–C) groups is 1. The van der Waals surface area contributed by atoms with Gasteiger partial charge in [-0.05, 0) is 53.1 Å². The molecular formula is C28H23N3O4S. The van der Waals surface area contributed by atoms with Crippen molar-refractivity contribution in [3.05, 3.63) is 89.1 Å². The van der Waals surface area contributed by atoms with E-state index in [0.717, 1.165) is 22.0 Å². The third-order valence-electron chi connectivity index (χ3n) is 6.82. The fourth-order valence-electron chi connectivity index (χ4n) is 5.34. The van der Waals surface area contributed by atoms with E-state index >= 15 is 0 Å². The Kier molecular flexibility index (Phi) is 4.98. The van der Waals surface area contributed by atoms with Crippen LogP contribution >= 0.6 is 0 Å². The van der Waals surface area contributed by atoms with Gasteiger partial charge in [0.1, 0.15) is 5.69 Å². The smallest absolute Gasteiger partial charge is 0.293 e. The predicted octanol–water partition coefficient (Wildman–Crippen LogP) is 4.59. The number of sulfone groups is 1.